The standard InChI is InChI=1S/C33H40N2O6/c1-9-32(3,4)21-12-15-28(25(18-21)33(5,6)10-2)41-27-16-13-22(34)19-24(27)29(36)35-26-17-20(30(37)39-7)11-14-23(26)31(38)40-8/h11-19H,9-10,34H2,1-8H3,(H,35,36). The number of nitrogens with one attached hydrogen (secondary N) is 1. The van der Waals surface area contributed by atoms with Crippen LogP contribution in [-0.4, -0.2) is 32.1 Å². The molecule has 8 heteroatoms. The molecule has 0 heterocycles. The number of esters is 2. The van der Waals surface area contributed by atoms with Crippen molar-refractivity contribution in [2.24, 2.45) is 0 Å². The van der Waals surface area contributed by atoms with E-state index in [1.54, 1.807) is 12.1 Å². The van der Waals surface area contributed by atoms with Crippen LogP contribution < -0.4 is 15.8 Å². The monoisotopic (exact) mass is 560 g/mol. The predicted molar refractivity (Wildman–Crippen MR) is 161 cm³/mol. The summed E-state index contributed by atoms with van der Waals surface area (Å²) in [5.74, 6) is -0.960. The second kappa shape index (κ2) is 12.5. The number of nitrogens with two attached hydrogens (primary N) is 1. The number of amides is 1. The molecule has 0 unspecified atom stereocenters. The predicted octanol–water partition coefficient (Wildman–Crippen LogP) is 7.26. The molecule has 0 bridgehead atoms. The first-order valence-electron chi connectivity index (χ1n) is 13.6. The lowest BCUT2D eigenvalue weighted by atomic mass is 9.76. The number of carbonyl (C=O) groups is 3. The molecule has 0 radical (unpaired) electrons. The maximum absolute atomic E-state index is 13.6. The summed E-state index contributed by atoms with van der Waals surface area (Å²) >= 11 is 0. The quantitative estimate of drug-likeness (QED) is 0.198. The van der Waals surface area contributed by atoms with Crippen molar-refractivity contribution in [1.82, 2.24) is 0 Å². The minimum atomic E-state index is -0.678. The second-order valence-corrected chi connectivity index (χ2v) is 11.2. The molecule has 1 amide bonds. The summed E-state index contributed by atoms with van der Waals surface area (Å²) in [5, 5.41) is 2.72. The number of carbonyl (C=O) groups excluding carboxylic acids is 3. The van der Waals surface area contributed by atoms with Gasteiger partial charge in [0, 0.05) is 11.3 Å². The van der Waals surface area contributed by atoms with Crippen LogP contribution in [0.1, 0.15) is 96.6 Å². The highest BCUT2D eigenvalue weighted by Gasteiger charge is 2.28. The van der Waals surface area contributed by atoms with Crippen LogP contribution in [0.15, 0.2) is 54.6 Å². The number of hydrogen-bond acceptors (Lipinski definition) is 7. The summed E-state index contributed by atoms with van der Waals surface area (Å²) in [6.07, 6.45) is 1.85. The fraction of sp³-hybridized carbons (Fsp3) is 0.364. The fourth-order valence-electron chi connectivity index (χ4n) is 4.27. The van der Waals surface area contributed by atoms with E-state index in [1.165, 1.54) is 44.0 Å². The Balaban J connectivity index is 2.08. The molecule has 3 aromatic carbocycles. The first kappa shape index (κ1) is 31.2. The Labute approximate surface area is 242 Å². The van der Waals surface area contributed by atoms with Crippen molar-refractivity contribution in [3.8, 4) is 11.5 Å². The number of benzene rings is 3. The molecule has 218 valence electrons. The molecule has 0 spiro atoms. The maximum Gasteiger partial charge on any atom is 0.339 e. The molecule has 3 N–H and O–H groups in total. The molecular weight excluding hydrogens is 520 g/mol. The van der Waals surface area contributed by atoms with Crippen molar-refractivity contribution in [1.29, 1.82) is 0 Å². The minimum absolute atomic E-state index is 0.0145. The van der Waals surface area contributed by atoms with Crippen molar-refractivity contribution >= 4 is 29.2 Å². The summed E-state index contributed by atoms with van der Waals surface area (Å²) in [4.78, 5) is 38.2. The van der Waals surface area contributed by atoms with Crippen molar-refractivity contribution in [3.63, 3.8) is 0 Å². The van der Waals surface area contributed by atoms with Crippen LogP contribution in [0.2, 0.25) is 0 Å². The number of nitrogen functional groups attached to an aromatic ring is 1. The smallest absolute Gasteiger partial charge is 0.339 e. The lowest BCUT2D eigenvalue weighted by Crippen LogP contribution is -2.21. The number of methoxy groups -OCH3 is 2. The summed E-state index contributed by atoms with van der Waals surface area (Å²) in [7, 11) is 2.48. The molecule has 0 saturated carbocycles. The summed E-state index contributed by atoms with van der Waals surface area (Å²) < 4.78 is 16.1. The molecule has 8 nitrogen and oxygen atoms in total. The maximum atomic E-state index is 13.6. The van der Waals surface area contributed by atoms with Crippen molar-refractivity contribution in [2.45, 2.75) is 65.2 Å². The van der Waals surface area contributed by atoms with Crippen molar-refractivity contribution < 1.29 is 28.6 Å². The number of rotatable bonds is 10. The Morgan fingerprint density at radius 2 is 1.39 bits per heavy atom. The van der Waals surface area contributed by atoms with E-state index in [-0.39, 0.29) is 39.0 Å². The molecule has 3 aromatic rings. The first-order valence-corrected chi connectivity index (χ1v) is 13.6. The molecule has 0 saturated heterocycles. The summed E-state index contributed by atoms with van der Waals surface area (Å²) in [6.45, 7) is 13.1. The van der Waals surface area contributed by atoms with Crippen LogP contribution in [0, 0.1) is 0 Å². The molecular formula is C33H40N2O6. The Hall–Kier alpha value is -4.33. The zero-order valence-electron chi connectivity index (χ0n) is 25.1. The molecule has 0 fully saturated rings. The molecule has 0 aliphatic heterocycles. The summed E-state index contributed by atoms with van der Waals surface area (Å²) in [5.41, 5.74) is 8.90. The van der Waals surface area contributed by atoms with Gasteiger partial charge < -0.3 is 25.3 Å². The number of ether oxygens (including phenoxy) is 3. The van der Waals surface area contributed by atoms with E-state index in [0.29, 0.717) is 11.4 Å². The van der Waals surface area contributed by atoms with Gasteiger partial charge in [-0.2, -0.15) is 0 Å². The van der Waals surface area contributed by atoms with Gasteiger partial charge >= 0.3 is 11.9 Å². The van der Waals surface area contributed by atoms with E-state index < -0.39 is 17.8 Å². The van der Waals surface area contributed by atoms with E-state index in [9.17, 15) is 14.4 Å². The van der Waals surface area contributed by atoms with Gasteiger partial charge in [0.15, 0.2) is 0 Å². The largest absolute Gasteiger partial charge is 0.465 e. The van der Waals surface area contributed by atoms with Crippen LogP contribution in [-0.2, 0) is 20.3 Å². The highest BCUT2D eigenvalue weighted by Crippen LogP contribution is 2.41. The molecule has 0 aliphatic carbocycles. The van der Waals surface area contributed by atoms with Gasteiger partial charge in [0.2, 0.25) is 0 Å². The summed E-state index contributed by atoms with van der Waals surface area (Å²) in [6, 6.07) is 15.2. The average molecular weight is 561 g/mol. The third kappa shape index (κ3) is 6.88. The Kier molecular flexibility index (Phi) is 9.48. The van der Waals surface area contributed by atoms with E-state index in [0.717, 1.165) is 18.4 Å². The van der Waals surface area contributed by atoms with Gasteiger partial charge in [0.25, 0.3) is 5.91 Å². The Morgan fingerprint density at radius 1 is 0.756 bits per heavy atom. The zero-order chi connectivity index (χ0) is 30.5. The SMILES string of the molecule is CCC(C)(C)c1ccc(Oc2ccc(N)cc2C(=O)Nc2cc(C(=O)OC)ccc2C(=O)OC)c(C(C)(C)CC)c1. The van der Waals surface area contributed by atoms with Gasteiger partial charge in [-0.05, 0) is 71.7 Å². The van der Waals surface area contributed by atoms with E-state index >= 15 is 0 Å². The minimum Gasteiger partial charge on any atom is -0.465 e. The van der Waals surface area contributed by atoms with E-state index in [2.05, 4.69) is 59.0 Å². The van der Waals surface area contributed by atoms with Gasteiger partial charge in [0.1, 0.15) is 11.5 Å². The first-order chi connectivity index (χ1) is 19.3. The molecule has 41 heavy (non-hydrogen) atoms. The lowest BCUT2D eigenvalue weighted by molar-refractivity contribution is 0.0587. The van der Waals surface area contributed by atoms with Crippen LogP contribution >= 0.6 is 0 Å². The Bertz CT molecular complexity index is 1460. The highest BCUT2D eigenvalue weighted by atomic mass is 16.5. The van der Waals surface area contributed by atoms with Crippen LogP contribution in [0.5, 0.6) is 11.5 Å². The van der Waals surface area contributed by atoms with Gasteiger partial charge in [0.05, 0.1) is 36.6 Å². The van der Waals surface area contributed by atoms with Crippen LogP contribution in [0.4, 0.5) is 11.4 Å². The fourth-order valence-corrected chi connectivity index (χ4v) is 4.27. The highest BCUT2D eigenvalue weighted by molar-refractivity contribution is 6.10. The van der Waals surface area contributed by atoms with E-state index in [1.807, 2.05) is 6.07 Å². The normalized spacial score (nSPS) is 11.5. The van der Waals surface area contributed by atoms with Gasteiger partial charge in [-0.25, -0.2) is 9.59 Å². The Morgan fingerprint density at radius 3 is 2.00 bits per heavy atom. The molecule has 3 rings (SSSR count). The third-order valence-electron chi connectivity index (χ3n) is 7.82. The zero-order valence-corrected chi connectivity index (χ0v) is 25.1. The van der Waals surface area contributed by atoms with Crippen LogP contribution in [0.25, 0.3) is 0 Å². The van der Waals surface area contributed by atoms with Gasteiger partial charge in [-0.15, -0.1) is 0 Å². The lowest BCUT2D eigenvalue weighted by Gasteiger charge is -2.30. The molecule has 0 atom stereocenters. The van der Waals surface area contributed by atoms with Crippen LogP contribution in [0.3, 0.4) is 0 Å². The van der Waals surface area contributed by atoms with Crippen molar-refractivity contribution in [3.05, 3.63) is 82.4 Å². The number of hydrogen-bond donors (Lipinski definition) is 2. The second-order valence-electron chi connectivity index (χ2n) is 11.2. The van der Waals surface area contributed by atoms with Gasteiger partial charge in [-0.1, -0.05) is 53.7 Å². The van der Waals surface area contributed by atoms with E-state index in [4.69, 9.17) is 19.9 Å². The van der Waals surface area contributed by atoms with Gasteiger partial charge in [-0.3, -0.25) is 4.79 Å². The van der Waals surface area contributed by atoms with Crippen molar-refractivity contribution in [2.75, 3.05) is 25.3 Å². The number of anilines is 2. The third-order valence-corrected chi connectivity index (χ3v) is 7.82. The molecule has 0 aliphatic rings. The topological polar surface area (TPSA) is 117 Å². The average Bonchev–Trinajstić information content (AvgIpc) is 2.97. The molecule has 0 aromatic heterocycles.